The standard InChI is InChI=1S/C28H43NO11/c1-9-12-35-23(32)38-18(2)14-28(29,22(30)31)15-19-10-11-20(39-24(33)36-16-26(3,4)5)21(13-19)40-25(34)37-17-27(6,7)8/h10-11,13,18H,9,12,14-17,29H2,1-8H3,(H,30,31)/t18-,28?/m0/s1. The molecule has 12 nitrogen and oxygen atoms in total. The zero-order valence-electron chi connectivity index (χ0n) is 24.7. The second-order valence-corrected chi connectivity index (χ2v) is 12.1. The minimum absolute atomic E-state index is 0.0544. The number of aliphatic carboxylic acids is 1. The third kappa shape index (κ3) is 13.5. The molecule has 1 aromatic carbocycles. The third-order valence-corrected chi connectivity index (χ3v) is 4.96. The van der Waals surface area contributed by atoms with Crippen LogP contribution in [0.5, 0.6) is 11.5 Å². The van der Waals surface area contributed by atoms with Crippen molar-refractivity contribution in [1.29, 1.82) is 0 Å². The summed E-state index contributed by atoms with van der Waals surface area (Å²) in [6.45, 7) is 14.8. The first-order chi connectivity index (χ1) is 18.3. The maximum absolute atomic E-state index is 12.4. The van der Waals surface area contributed by atoms with Gasteiger partial charge in [-0.25, -0.2) is 14.4 Å². The molecule has 0 heterocycles. The van der Waals surface area contributed by atoms with E-state index in [1.165, 1.54) is 25.1 Å². The number of carbonyl (C=O) groups excluding carboxylic acids is 3. The summed E-state index contributed by atoms with van der Waals surface area (Å²) in [5, 5.41) is 9.89. The van der Waals surface area contributed by atoms with Crippen LogP contribution < -0.4 is 15.2 Å². The van der Waals surface area contributed by atoms with E-state index < -0.39 is 36.1 Å². The average Bonchev–Trinajstić information content (AvgIpc) is 2.80. The van der Waals surface area contributed by atoms with E-state index in [-0.39, 0.29) is 55.0 Å². The largest absolute Gasteiger partial charge is 0.513 e. The second-order valence-electron chi connectivity index (χ2n) is 12.1. The van der Waals surface area contributed by atoms with E-state index in [0.717, 1.165) is 0 Å². The second kappa shape index (κ2) is 14.7. The minimum Gasteiger partial charge on any atom is -0.480 e. The zero-order chi connectivity index (χ0) is 30.7. The molecule has 0 aliphatic rings. The Morgan fingerprint density at radius 2 is 1.38 bits per heavy atom. The maximum Gasteiger partial charge on any atom is 0.513 e. The number of rotatable bonds is 12. The molecule has 1 aromatic rings. The first kappa shape index (κ1) is 34.5. The SMILES string of the molecule is CCCOC(=O)O[C@@H](C)CC(N)(Cc1ccc(OC(=O)OCC(C)(C)C)c(OC(=O)OCC(C)(C)C)c1)C(=O)O. The number of hydrogen-bond acceptors (Lipinski definition) is 11. The molecule has 0 aliphatic carbocycles. The molecule has 0 aliphatic heterocycles. The van der Waals surface area contributed by atoms with Crippen LogP contribution in [0.2, 0.25) is 0 Å². The predicted molar refractivity (Wildman–Crippen MR) is 144 cm³/mol. The van der Waals surface area contributed by atoms with Gasteiger partial charge in [0.15, 0.2) is 11.5 Å². The molecule has 0 radical (unpaired) electrons. The Morgan fingerprint density at radius 3 is 1.85 bits per heavy atom. The third-order valence-electron chi connectivity index (χ3n) is 4.96. The number of carbonyl (C=O) groups is 4. The molecule has 0 fully saturated rings. The maximum atomic E-state index is 12.4. The fraction of sp³-hybridized carbons (Fsp3) is 0.643. The highest BCUT2D eigenvalue weighted by molar-refractivity contribution is 5.79. The van der Waals surface area contributed by atoms with Crippen LogP contribution in [-0.4, -0.2) is 61.0 Å². The zero-order valence-corrected chi connectivity index (χ0v) is 24.7. The molecule has 1 unspecified atom stereocenters. The summed E-state index contributed by atoms with van der Waals surface area (Å²) < 4.78 is 30.8. The van der Waals surface area contributed by atoms with E-state index in [1.54, 1.807) is 0 Å². The van der Waals surface area contributed by atoms with Crippen molar-refractivity contribution in [1.82, 2.24) is 0 Å². The monoisotopic (exact) mass is 569 g/mol. The number of nitrogens with two attached hydrogens (primary N) is 1. The van der Waals surface area contributed by atoms with Gasteiger partial charge in [-0.15, -0.1) is 0 Å². The van der Waals surface area contributed by atoms with E-state index >= 15 is 0 Å². The molecular formula is C28H43NO11. The van der Waals surface area contributed by atoms with Gasteiger partial charge in [-0.2, -0.15) is 0 Å². The van der Waals surface area contributed by atoms with Gasteiger partial charge < -0.3 is 39.3 Å². The first-order valence-electron chi connectivity index (χ1n) is 13.0. The van der Waals surface area contributed by atoms with Gasteiger partial charge in [0, 0.05) is 12.8 Å². The van der Waals surface area contributed by atoms with Gasteiger partial charge in [-0.1, -0.05) is 54.5 Å². The van der Waals surface area contributed by atoms with Crippen molar-refractivity contribution in [2.75, 3.05) is 19.8 Å². The van der Waals surface area contributed by atoms with Gasteiger partial charge in [0.2, 0.25) is 0 Å². The van der Waals surface area contributed by atoms with Gasteiger partial charge in [0.05, 0.1) is 19.8 Å². The van der Waals surface area contributed by atoms with Crippen molar-refractivity contribution >= 4 is 24.4 Å². The fourth-order valence-electron chi connectivity index (χ4n) is 3.15. The molecule has 0 saturated heterocycles. The van der Waals surface area contributed by atoms with Gasteiger partial charge in [-0.3, -0.25) is 4.79 Å². The lowest BCUT2D eigenvalue weighted by Crippen LogP contribution is -2.52. The van der Waals surface area contributed by atoms with Crippen LogP contribution >= 0.6 is 0 Å². The van der Waals surface area contributed by atoms with Gasteiger partial charge >= 0.3 is 24.4 Å². The van der Waals surface area contributed by atoms with E-state index in [1.807, 2.05) is 48.5 Å². The lowest BCUT2D eigenvalue weighted by atomic mass is 9.86. The van der Waals surface area contributed by atoms with Crippen LogP contribution in [0.1, 0.15) is 73.8 Å². The molecule has 40 heavy (non-hydrogen) atoms. The van der Waals surface area contributed by atoms with Gasteiger partial charge in [0.1, 0.15) is 11.6 Å². The van der Waals surface area contributed by atoms with Crippen molar-refractivity contribution in [3.63, 3.8) is 0 Å². The highest BCUT2D eigenvalue weighted by atomic mass is 16.7. The molecule has 1 rings (SSSR count). The summed E-state index contributed by atoms with van der Waals surface area (Å²) in [6.07, 6.45) is -3.77. The Morgan fingerprint density at radius 1 is 0.850 bits per heavy atom. The average molecular weight is 570 g/mol. The minimum atomic E-state index is -1.87. The molecule has 0 amide bonds. The van der Waals surface area contributed by atoms with Crippen LogP contribution in [0.15, 0.2) is 18.2 Å². The Hall–Kier alpha value is -3.54. The summed E-state index contributed by atoms with van der Waals surface area (Å²) in [6, 6.07) is 4.10. The molecule has 226 valence electrons. The van der Waals surface area contributed by atoms with Gasteiger partial charge in [-0.05, 0) is 41.9 Å². The smallest absolute Gasteiger partial charge is 0.480 e. The molecular weight excluding hydrogens is 526 g/mol. The molecule has 12 heteroatoms. The fourth-order valence-corrected chi connectivity index (χ4v) is 3.15. The van der Waals surface area contributed by atoms with Crippen molar-refractivity contribution in [3.05, 3.63) is 23.8 Å². The number of benzene rings is 1. The topological polar surface area (TPSA) is 170 Å². The van der Waals surface area contributed by atoms with Crippen LogP contribution in [0, 0.1) is 10.8 Å². The van der Waals surface area contributed by atoms with Crippen LogP contribution in [0.25, 0.3) is 0 Å². The highest BCUT2D eigenvalue weighted by Crippen LogP contribution is 2.32. The van der Waals surface area contributed by atoms with Gasteiger partial charge in [0.25, 0.3) is 0 Å². The summed E-state index contributed by atoms with van der Waals surface area (Å²) in [5.41, 5.74) is 4.04. The lowest BCUT2D eigenvalue weighted by Gasteiger charge is -2.28. The Bertz CT molecular complexity index is 1030. The molecule has 0 saturated carbocycles. The van der Waals surface area contributed by atoms with Crippen molar-refractivity contribution in [3.8, 4) is 11.5 Å². The molecule has 0 bridgehead atoms. The number of hydrogen-bond donors (Lipinski definition) is 2. The molecule has 2 atom stereocenters. The highest BCUT2D eigenvalue weighted by Gasteiger charge is 2.37. The summed E-state index contributed by atoms with van der Waals surface area (Å²) in [4.78, 5) is 48.6. The summed E-state index contributed by atoms with van der Waals surface area (Å²) in [5.74, 6) is -1.70. The van der Waals surface area contributed by atoms with Crippen LogP contribution in [-0.2, 0) is 30.2 Å². The summed E-state index contributed by atoms with van der Waals surface area (Å²) >= 11 is 0. The van der Waals surface area contributed by atoms with Crippen LogP contribution in [0.4, 0.5) is 14.4 Å². The van der Waals surface area contributed by atoms with Crippen molar-refractivity contribution in [2.45, 2.75) is 86.3 Å². The van der Waals surface area contributed by atoms with Crippen molar-refractivity contribution in [2.24, 2.45) is 16.6 Å². The molecule has 0 aromatic heterocycles. The number of carboxylic acids is 1. The van der Waals surface area contributed by atoms with E-state index in [0.29, 0.717) is 12.0 Å². The van der Waals surface area contributed by atoms with E-state index in [9.17, 15) is 24.3 Å². The lowest BCUT2D eigenvalue weighted by molar-refractivity contribution is -0.144. The van der Waals surface area contributed by atoms with E-state index in [4.69, 9.17) is 34.2 Å². The van der Waals surface area contributed by atoms with E-state index in [2.05, 4.69) is 0 Å². The first-order valence-corrected chi connectivity index (χ1v) is 13.0. The Kier molecular flexibility index (Phi) is 12.7. The van der Waals surface area contributed by atoms with Crippen LogP contribution in [0.3, 0.4) is 0 Å². The number of carboxylic acid groups (broad SMARTS) is 1. The Labute approximate surface area is 235 Å². The molecule has 3 N–H and O–H groups in total. The number of ether oxygens (including phenoxy) is 6. The summed E-state index contributed by atoms with van der Waals surface area (Å²) in [7, 11) is 0. The quantitative estimate of drug-likeness (QED) is 0.185. The predicted octanol–water partition coefficient (Wildman–Crippen LogP) is 5.48. The molecule has 0 spiro atoms. The Balaban J connectivity index is 3.18. The van der Waals surface area contributed by atoms with Crippen molar-refractivity contribution < 1.29 is 52.7 Å². The normalized spacial score (nSPS) is 13.8.